The lowest BCUT2D eigenvalue weighted by Crippen LogP contribution is -2.32. The molecule has 3 heteroatoms. The second-order valence-electron chi connectivity index (χ2n) is 4.51. The number of rotatable bonds is 4. The number of hydrogen-bond acceptors (Lipinski definition) is 3. The standard InChI is InChI=1S/C14H21NOS/c1-4-7-15-14-10(2)17-9-11-5-6-12(16-3)8-13(11)14/h5-6,8,10,14-15H,4,7,9H2,1-3H3. The van der Waals surface area contributed by atoms with Crippen molar-refractivity contribution in [3.05, 3.63) is 29.3 Å². The van der Waals surface area contributed by atoms with Gasteiger partial charge in [0.05, 0.1) is 7.11 Å². The number of benzene rings is 1. The average Bonchev–Trinajstić information content (AvgIpc) is 2.37. The molecule has 1 aromatic rings. The molecule has 1 aliphatic heterocycles. The Balaban J connectivity index is 2.27. The summed E-state index contributed by atoms with van der Waals surface area (Å²) in [6.45, 7) is 5.59. The van der Waals surface area contributed by atoms with E-state index in [0.717, 1.165) is 18.0 Å². The Morgan fingerprint density at radius 1 is 1.47 bits per heavy atom. The Morgan fingerprint density at radius 3 is 3.00 bits per heavy atom. The molecule has 1 heterocycles. The van der Waals surface area contributed by atoms with Crippen LogP contribution in [-0.2, 0) is 5.75 Å². The summed E-state index contributed by atoms with van der Waals surface area (Å²) in [5.41, 5.74) is 2.87. The van der Waals surface area contributed by atoms with Gasteiger partial charge in [0.1, 0.15) is 5.75 Å². The highest BCUT2D eigenvalue weighted by molar-refractivity contribution is 7.99. The number of ether oxygens (including phenoxy) is 1. The first-order valence-electron chi connectivity index (χ1n) is 6.28. The highest BCUT2D eigenvalue weighted by Gasteiger charge is 2.26. The van der Waals surface area contributed by atoms with E-state index in [9.17, 15) is 0 Å². The average molecular weight is 251 g/mol. The number of methoxy groups -OCH3 is 1. The summed E-state index contributed by atoms with van der Waals surface area (Å²) in [6.07, 6.45) is 1.17. The van der Waals surface area contributed by atoms with Crippen LogP contribution in [0.25, 0.3) is 0 Å². The van der Waals surface area contributed by atoms with Gasteiger partial charge in [-0.15, -0.1) is 0 Å². The first-order valence-corrected chi connectivity index (χ1v) is 7.33. The summed E-state index contributed by atoms with van der Waals surface area (Å²) >= 11 is 2.03. The van der Waals surface area contributed by atoms with Crippen LogP contribution < -0.4 is 10.1 Å². The Hall–Kier alpha value is -0.670. The van der Waals surface area contributed by atoms with Crippen molar-refractivity contribution >= 4 is 11.8 Å². The fourth-order valence-electron chi connectivity index (χ4n) is 2.27. The Morgan fingerprint density at radius 2 is 2.29 bits per heavy atom. The SMILES string of the molecule is CCCNC1c2cc(OC)ccc2CSC1C. The van der Waals surface area contributed by atoms with Crippen LogP contribution in [0.1, 0.15) is 37.4 Å². The highest BCUT2D eigenvalue weighted by Crippen LogP contribution is 2.38. The molecule has 1 aromatic carbocycles. The van der Waals surface area contributed by atoms with Gasteiger partial charge in [0.25, 0.3) is 0 Å². The van der Waals surface area contributed by atoms with Gasteiger partial charge in [-0.3, -0.25) is 0 Å². The Labute approximate surface area is 108 Å². The van der Waals surface area contributed by atoms with E-state index < -0.39 is 0 Å². The minimum absolute atomic E-state index is 0.457. The molecule has 0 amide bonds. The van der Waals surface area contributed by atoms with Crippen LogP contribution in [0.2, 0.25) is 0 Å². The zero-order chi connectivity index (χ0) is 12.3. The predicted octanol–water partition coefficient (Wildman–Crippen LogP) is 3.37. The molecule has 2 atom stereocenters. The van der Waals surface area contributed by atoms with Crippen LogP contribution in [-0.4, -0.2) is 18.9 Å². The molecule has 1 N–H and O–H groups in total. The first-order chi connectivity index (χ1) is 8.26. The van der Waals surface area contributed by atoms with Crippen molar-refractivity contribution in [3.8, 4) is 5.75 Å². The van der Waals surface area contributed by atoms with E-state index in [1.807, 2.05) is 11.8 Å². The van der Waals surface area contributed by atoms with Crippen molar-refractivity contribution in [2.24, 2.45) is 0 Å². The summed E-state index contributed by atoms with van der Waals surface area (Å²) in [5.74, 6) is 2.08. The predicted molar refractivity (Wildman–Crippen MR) is 74.8 cm³/mol. The van der Waals surface area contributed by atoms with Crippen molar-refractivity contribution in [3.63, 3.8) is 0 Å². The lowest BCUT2D eigenvalue weighted by Gasteiger charge is -2.32. The van der Waals surface area contributed by atoms with E-state index in [2.05, 4.69) is 37.4 Å². The zero-order valence-electron chi connectivity index (χ0n) is 10.8. The molecule has 0 saturated heterocycles. The normalized spacial score (nSPS) is 23.2. The molecule has 94 valence electrons. The lowest BCUT2D eigenvalue weighted by atomic mass is 9.97. The third-order valence-corrected chi connectivity index (χ3v) is 4.55. The molecule has 2 unspecified atom stereocenters. The van der Waals surface area contributed by atoms with Gasteiger partial charge in [0.15, 0.2) is 0 Å². The summed E-state index contributed by atoms with van der Waals surface area (Å²) in [6, 6.07) is 6.91. The minimum atomic E-state index is 0.457. The van der Waals surface area contributed by atoms with Crippen molar-refractivity contribution in [2.75, 3.05) is 13.7 Å². The second-order valence-corrected chi connectivity index (χ2v) is 5.88. The maximum absolute atomic E-state index is 5.33. The van der Waals surface area contributed by atoms with Crippen LogP contribution in [0, 0.1) is 0 Å². The van der Waals surface area contributed by atoms with Gasteiger partial charge < -0.3 is 10.1 Å². The molecule has 0 bridgehead atoms. The Kier molecular flexibility index (Phi) is 4.35. The molecule has 2 rings (SSSR count). The minimum Gasteiger partial charge on any atom is -0.497 e. The summed E-state index contributed by atoms with van der Waals surface area (Å²) in [5, 5.41) is 4.28. The van der Waals surface area contributed by atoms with E-state index in [0.29, 0.717) is 11.3 Å². The Bertz CT molecular complexity index is 380. The fourth-order valence-corrected chi connectivity index (χ4v) is 3.41. The van der Waals surface area contributed by atoms with E-state index in [1.54, 1.807) is 7.11 Å². The van der Waals surface area contributed by atoms with Gasteiger partial charge in [-0.2, -0.15) is 11.8 Å². The molecular formula is C14H21NOS. The van der Waals surface area contributed by atoms with Crippen LogP contribution in [0.3, 0.4) is 0 Å². The summed E-state index contributed by atoms with van der Waals surface area (Å²) < 4.78 is 5.33. The van der Waals surface area contributed by atoms with Gasteiger partial charge in [0, 0.05) is 17.0 Å². The second kappa shape index (κ2) is 5.78. The zero-order valence-corrected chi connectivity index (χ0v) is 11.6. The smallest absolute Gasteiger partial charge is 0.119 e. The van der Waals surface area contributed by atoms with Crippen molar-refractivity contribution in [1.29, 1.82) is 0 Å². The van der Waals surface area contributed by atoms with Crippen molar-refractivity contribution in [1.82, 2.24) is 5.32 Å². The molecular weight excluding hydrogens is 230 g/mol. The van der Waals surface area contributed by atoms with Gasteiger partial charge in [0.2, 0.25) is 0 Å². The van der Waals surface area contributed by atoms with Gasteiger partial charge in [-0.25, -0.2) is 0 Å². The summed E-state index contributed by atoms with van der Waals surface area (Å²) in [7, 11) is 1.73. The first kappa shape index (κ1) is 12.8. The quantitative estimate of drug-likeness (QED) is 0.886. The van der Waals surface area contributed by atoms with Gasteiger partial charge >= 0.3 is 0 Å². The molecule has 17 heavy (non-hydrogen) atoms. The highest BCUT2D eigenvalue weighted by atomic mass is 32.2. The molecule has 0 fully saturated rings. The third kappa shape index (κ3) is 2.78. The monoisotopic (exact) mass is 251 g/mol. The van der Waals surface area contributed by atoms with Crippen molar-refractivity contribution in [2.45, 2.75) is 37.3 Å². The van der Waals surface area contributed by atoms with Crippen LogP contribution in [0.4, 0.5) is 0 Å². The molecule has 0 aromatic heterocycles. The van der Waals surface area contributed by atoms with E-state index in [4.69, 9.17) is 4.74 Å². The van der Waals surface area contributed by atoms with Crippen LogP contribution >= 0.6 is 11.8 Å². The fraction of sp³-hybridized carbons (Fsp3) is 0.571. The molecule has 0 aliphatic carbocycles. The largest absolute Gasteiger partial charge is 0.497 e. The van der Waals surface area contributed by atoms with E-state index in [1.165, 1.54) is 17.5 Å². The topological polar surface area (TPSA) is 21.3 Å². The molecule has 0 radical (unpaired) electrons. The number of nitrogens with one attached hydrogen (secondary N) is 1. The van der Waals surface area contributed by atoms with E-state index in [-0.39, 0.29) is 0 Å². The van der Waals surface area contributed by atoms with E-state index >= 15 is 0 Å². The molecule has 0 spiro atoms. The number of fused-ring (bicyclic) bond motifs is 1. The molecule has 0 saturated carbocycles. The number of thioether (sulfide) groups is 1. The van der Waals surface area contributed by atoms with Crippen LogP contribution in [0.5, 0.6) is 5.75 Å². The molecule has 2 nitrogen and oxygen atoms in total. The maximum atomic E-state index is 5.33. The van der Waals surface area contributed by atoms with Gasteiger partial charge in [-0.1, -0.05) is 19.9 Å². The maximum Gasteiger partial charge on any atom is 0.119 e. The van der Waals surface area contributed by atoms with Gasteiger partial charge in [-0.05, 0) is 36.2 Å². The van der Waals surface area contributed by atoms with Crippen LogP contribution in [0.15, 0.2) is 18.2 Å². The summed E-state index contributed by atoms with van der Waals surface area (Å²) in [4.78, 5) is 0. The third-order valence-electron chi connectivity index (χ3n) is 3.27. The number of hydrogen-bond donors (Lipinski definition) is 1. The molecule has 1 aliphatic rings. The van der Waals surface area contributed by atoms with Crippen molar-refractivity contribution < 1.29 is 4.74 Å². The lowest BCUT2D eigenvalue weighted by molar-refractivity contribution is 0.412.